The first-order chi connectivity index (χ1) is 8.66. The molecule has 5 heteroatoms. The Morgan fingerprint density at radius 2 is 1.83 bits per heavy atom. The lowest BCUT2D eigenvalue weighted by atomic mass is 10.3. The zero-order chi connectivity index (χ0) is 12.7. The fourth-order valence-corrected chi connectivity index (χ4v) is 2.47. The fraction of sp³-hybridized carbons (Fsp3) is 0. The standard InChI is InChI=1S/C13H9BrClN3/c14-8-4-6-9(7-5-8)18-12-10(15)2-1-3-11(12)17-13(18)16/h1-7H,(H2,16,17). The maximum Gasteiger partial charge on any atom is 0.205 e. The lowest BCUT2D eigenvalue weighted by Crippen LogP contribution is -2.00. The average Bonchev–Trinajstić information content (AvgIpc) is 2.68. The predicted molar refractivity (Wildman–Crippen MR) is 78.2 cm³/mol. The summed E-state index contributed by atoms with van der Waals surface area (Å²) in [4.78, 5) is 4.32. The van der Waals surface area contributed by atoms with E-state index in [2.05, 4.69) is 20.9 Å². The van der Waals surface area contributed by atoms with E-state index >= 15 is 0 Å². The molecule has 0 aliphatic carbocycles. The fourth-order valence-electron chi connectivity index (χ4n) is 1.96. The van der Waals surface area contributed by atoms with Gasteiger partial charge in [-0.2, -0.15) is 0 Å². The predicted octanol–water partition coefficient (Wildman–Crippen LogP) is 4.02. The molecule has 0 aliphatic rings. The number of nitrogens with zero attached hydrogens (tertiary/aromatic N) is 2. The van der Waals surface area contributed by atoms with Crippen molar-refractivity contribution in [3.8, 4) is 5.69 Å². The number of halogens is 2. The van der Waals surface area contributed by atoms with Gasteiger partial charge >= 0.3 is 0 Å². The smallest absolute Gasteiger partial charge is 0.205 e. The van der Waals surface area contributed by atoms with E-state index in [9.17, 15) is 0 Å². The summed E-state index contributed by atoms with van der Waals surface area (Å²) in [7, 11) is 0. The van der Waals surface area contributed by atoms with E-state index in [4.69, 9.17) is 17.3 Å². The number of nitrogen functional groups attached to an aromatic ring is 1. The van der Waals surface area contributed by atoms with Crippen molar-refractivity contribution in [3.63, 3.8) is 0 Å². The number of imidazole rings is 1. The maximum absolute atomic E-state index is 6.23. The molecule has 3 nitrogen and oxygen atoms in total. The number of aromatic nitrogens is 2. The van der Waals surface area contributed by atoms with Crippen molar-refractivity contribution in [1.29, 1.82) is 0 Å². The van der Waals surface area contributed by atoms with Gasteiger partial charge in [0.05, 0.1) is 16.1 Å². The molecule has 3 rings (SSSR count). The van der Waals surface area contributed by atoms with Crippen LogP contribution in [0.2, 0.25) is 5.02 Å². The maximum atomic E-state index is 6.23. The first-order valence-electron chi connectivity index (χ1n) is 5.35. The van der Waals surface area contributed by atoms with Crippen molar-refractivity contribution < 1.29 is 0 Å². The summed E-state index contributed by atoms with van der Waals surface area (Å²) >= 11 is 9.64. The Hall–Kier alpha value is -1.52. The Labute approximate surface area is 117 Å². The van der Waals surface area contributed by atoms with Gasteiger partial charge in [-0.15, -0.1) is 0 Å². The zero-order valence-electron chi connectivity index (χ0n) is 9.27. The number of anilines is 1. The third-order valence-electron chi connectivity index (χ3n) is 2.74. The number of nitrogens with two attached hydrogens (primary N) is 1. The van der Waals surface area contributed by atoms with Gasteiger partial charge in [0.25, 0.3) is 0 Å². The second-order valence-corrected chi connectivity index (χ2v) is 5.21. The van der Waals surface area contributed by atoms with Gasteiger partial charge in [0.2, 0.25) is 5.95 Å². The highest BCUT2D eigenvalue weighted by atomic mass is 79.9. The molecule has 0 radical (unpaired) electrons. The molecule has 0 aliphatic heterocycles. The van der Waals surface area contributed by atoms with Gasteiger partial charge in [-0.3, -0.25) is 4.57 Å². The highest BCUT2D eigenvalue weighted by Gasteiger charge is 2.12. The second-order valence-electron chi connectivity index (χ2n) is 3.89. The summed E-state index contributed by atoms with van der Waals surface area (Å²) in [6, 6.07) is 13.4. The molecular formula is C13H9BrClN3. The van der Waals surface area contributed by atoms with E-state index in [1.807, 2.05) is 47.0 Å². The van der Waals surface area contributed by atoms with Crippen LogP contribution in [0.4, 0.5) is 5.95 Å². The molecule has 1 aromatic heterocycles. The molecule has 3 aromatic rings. The minimum absolute atomic E-state index is 0.431. The van der Waals surface area contributed by atoms with Gasteiger partial charge in [0.1, 0.15) is 0 Å². The summed E-state index contributed by atoms with van der Waals surface area (Å²) in [6.07, 6.45) is 0. The normalized spacial score (nSPS) is 11.0. The number of benzene rings is 2. The zero-order valence-corrected chi connectivity index (χ0v) is 11.6. The Balaban J connectivity index is 2.34. The first-order valence-corrected chi connectivity index (χ1v) is 6.52. The molecule has 0 unspecified atom stereocenters. The third-order valence-corrected chi connectivity index (χ3v) is 3.57. The van der Waals surface area contributed by atoms with Crippen LogP contribution in [0.15, 0.2) is 46.9 Å². The molecule has 0 fully saturated rings. The molecule has 0 atom stereocenters. The molecule has 0 spiro atoms. The molecule has 18 heavy (non-hydrogen) atoms. The van der Waals surface area contributed by atoms with E-state index < -0.39 is 0 Å². The number of hydrogen-bond acceptors (Lipinski definition) is 2. The number of fused-ring (bicyclic) bond motifs is 1. The Morgan fingerprint density at radius 1 is 1.11 bits per heavy atom. The minimum Gasteiger partial charge on any atom is -0.369 e. The molecule has 0 amide bonds. The van der Waals surface area contributed by atoms with Crippen molar-refractivity contribution in [2.24, 2.45) is 0 Å². The largest absolute Gasteiger partial charge is 0.369 e. The van der Waals surface area contributed by atoms with Crippen LogP contribution >= 0.6 is 27.5 Å². The summed E-state index contributed by atoms with van der Waals surface area (Å²) in [6.45, 7) is 0. The summed E-state index contributed by atoms with van der Waals surface area (Å²) in [5, 5.41) is 0.639. The highest BCUT2D eigenvalue weighted by molar-refractivity contribution is 9.10. The van der Waals surface area contributed by atoms with E-state index in [1.54, 1.807) is 0 Å². The lowest BCUT2D eigenvalue weighted by Gasteiger charge is -2.07. The number of para-hydroxylation sites is 1. The SMILES string of the molecule is Nc1nc2cccc(Cl)c2n1-c1ccc(Br)cc1. The summed E-state index contributed by atoms with van der Waals surface area (Å²) in [5.74, 6) is 0.431. The molecule has 90 valence electrons. The van der Waals surface area contributed by atoms with Crippen LogP contribution in [0.1, 0.15) is 0 Å². The second kappa shape index (κ2) is 4.30. The van der Waals surface area contributed by atoms with Crippen LogP contribution in [0.3, 0.4) is 0 Å². The van der Waals surface area contributed by atoms with Crippen LogP contribution in [0.5, 0.6) is 0 Å². The van der Waals surface area contributed by atoms with Crippen molar-refractivity contribution >= 4 is 44.5 Å². The molecule has 0 saturated heterocycles. The monoisotopic (exact) mass is 321 g/mol. The first kappa shape index (κ1) is 11.6. The van der Waals surface area contributed by atoms with E-state index in [1.165, 1.54) is 0 Å². The number of rotatable bonds is 1. The number of hydrogen-bond donors (Lipinski definition) is 1. The van der Waals surface area contributed by atoms with Crippen molar-refractivity contribution in [1.82, 2.24) is 9.55 Å². The van der Waals surface area contributed by atoms with Gasteiger partial charge in [-0.25, -0.2) is 4.98 Å². The average molecular weight is 323 g/mol. The van der Waals surface area contributed by atoms with E-state index in [0.717, 1.165) is 21.2 Å². The molecule has 0 bridgehead atoms. The van der Waals surface area contributed by atoms with Crippen LogP contribution in [-0.4, -0.2) is 9.55 Å². The van der Waals surface area contributed by atoms with Crippen LogP contribution in [-0.2, 0) is 0 Å². The van der Waals surface area contributed by atoms with E-state index in [-0.39, 0.29) is 0 Å². The molecule has 0 saturated carbocycles. The molecule has 2 N–H and O–H groups in total. The lowest BCUT2D eigenvalue weighted by molar-refractivity contribution is 1.11. The van der Waals surface area contributed by atoms with Gasteiger partial charge in [0, 0.05) is 10.2 Å². The Morgan fingerprint density at radius 3 is 2.56 bits per heavy atom. The molecule has 1 heterocycles. The van der Waals surface area contributed by atoms with Gasteiger partial charge in [0.15, 0.2) is 0 Å². The van der Waals surface area contributed by atoms with Crippen molar-refractivity contribution in [2.75, 3.05) is 5.73 Å². The molecule has 2 aromatic carbocycles. The Bertz CT molecular complexity index is 719. The summed E-state index contributed by atoms with van der Waals surface area (Å²) < 4.78 is 2.87. The van der Waals surface area contributed by atoms with Gasteiger partial charge in [-0.1, -0.05) is 33.6 Å². The quantitative estimate of drug-likeness (QED) is 0.735. The topological polar surface area (TPSA) is 43.8 Å². The van der Waals surface area contributed by atoms with Gasteiger partial charge in [-0.05, 0) is 36.4 Å². The third kappa shape index (κ3) is 1.78. The van der Waals surface area contributed by atoms with Crippen LogP contribution < -0.4 is 5.73 Å². The van der Waals surface area contributed by atoms with Gasteiger partial charge < -0.3 is 5.73 Å². The van der Waals surface area contributed by atoms with Crippen LogP contribution in [0, 0.1) is 0 Å². The highest BCUT2D eigenvalue weighted by Crippen LogP contribution is 2.29. The summed E-state index contributed by atoms with van der Waals surface area (Å²) in [5.41, 5.74) is 8.54. The Kier molecular flexibility index (Phi) is 2.76. The van der Waals surface area contributed by atoms with Crippen molar-refractivity contribution in [3.05, 3.63) is 52.0 Å². The minimum atomic E-state index is 0.431. The molecular weight excluding hydrogens is 314 g/mol. The van der Waals surface area contributed by atoms with Crippen molar-refractivity contribution in [2.45, 2.75) is 0 Å². The van der Waals surface area contributed by atoms with Crippen LogP contribution in [0.25, 0.3) is 16.7 Å². The van der Waals surface area contributed by atoms with E-state index in [0.29, 0.717) is 11.0 Å².